The van der Waals surface area contributed by atoms with Crippen molar-refractivity contribution in [1.82, 2.24) is 5.32 Å². The minimum absolute atomic E-state index is 0.206. The van der Waals surface area contributed by atoms with Gasteiger partial charge < -0.3 is 5.32 Å². The number of hydrogen-bond donors (Lipinski definition) is 1. The second kappa shape index (κ2) is 6.63. The first-order valence-corrected chi connectivity index (χ1v) is 8.02. The van der Waals surface area contributed by atoms with Gasteiger partial charge in [0, 0.05) is 10.6 Å². The maximum atomic E-state index is 13.5. The molecular formula is C14H13Cl3FNS. The van der Waals surface area contributed by atoms with Crippen LogP contribution in [0.4, 0.5) is 4.39 Å². The molecule has 1 aromatic heterocycles. The predicted molar refractivity (Wildman–Crippen MR) is 86.0 cm³/mol. The zero-order valence-corrected chi connectivity index (χ0v) is 14.0. The summed E-state index contributed by atoms with van der Waals surface area (Å²) >= 11 is 19.7. The van der Waals surface area contributed by atoms with Crippen molar-refractivity contribution in [3.63, 3.8) is 0 Å². The van der Waals surface area contributed by atoms with Crippen molar-refractivity contribution >= 4 is 46.1 Å². The Kier molecular flexibility index (Phi) is 5.32. The number of rotatable bonds is 4. The third-order valence-electron chi connectivity index (χ3n) is 2.99. The molecule has 1 nitrogen and oxygen atoms in total. The monoisotopic (exact) mass is 351 g/mol. The molecule has 0 aliphatic rings. The highest BCUT2D eigenvalue weighted by Gasteiger charge is 2.22. The third kappa shape index (κ3) is 3.29. The second-order valence-corrected chi connectivity index (χ2v) is 7.09. The fraction of sp³-hybridized carbons (Fsp3) is 0.286. The number of benzene rings is 1. The highest BCUT2D eigenvalue weighted by molar-refractivity contribution is 7.20. The molecule has 0 spiro atoms. The van der Waals surface area contributed by atoms with Crippen LogP contribution in [0.2, 0.25) is 13.7 Å². The SMILES string of the molecule is CCNC(c1cc(C)c(F)cc1Cl)c1cc(Cl)sc1Cl. The smallest absolute Gasteiger partial charge is 0.127 e. The first kappa shape index (κ1) is 16.1. The highest BCUT2D eigenvalue weighted by atomic mass is 35.5. The van der Waals surface area contributed by atoms with Gasteiger partial charge in [0.15, 0.2) is 0 Å². The van der Waals surface area contributed by atoms with Crippen LogP contribution in [0.5, 0.6) is 0 Å². The summed E-state index contributed by atoms with van der Waals surface area (Å²) in [6, 6.07) is 4.69. The number of aryl methyl sites for hydroxylation is 1. The van der Waals surface area contributed by atoms with E-state index in [9.17, 15) is 4.39 Å². The van der Waals surface area contributed by atoms with Crippen molar-refractivity contribution in [1.29, 1.82) is 0 Å². The summed E-state index contributed by atoms with van der Waals surface area (Å²) < 4.78 is 14.8. The standard InChI is InChI=1S/C14H13Cl3FNS/c1-3-19-13(9-5-12(16)20-14(9)17)8-4-7(2)11(18)6-10(8)15/h4-6,13,19H,3H2,1-2H3. The molecule has 6 heteroatoms. The van der Waals surface area contributed by atoms with Gasteiger partial charge in [-0.3, -0.25) is 0 Å². The van der Waals surface area contributed by atoms with Crippen LogP contribution < -0.4 is 5.32 Å². The molecule has 0 radical (unpaired) electrons. The molecule has 1 atom stereocenters. The Bertz CT molecular complexity index is 627. The van der Waals surface area contributed by atoms with Crippen molar-refractivity contribution in [2.24, 2.45) is 0 Å². The Hall–Kier alpha value is -0.320. The molecule has 1 unspecified atom stereocenters. The molecule has 2 aromatic rings. The normalized spacial score (nSPS) is 12.7. The largest absolute Gasteiger partial charge is 0.306 e. The van der Waals surface area contributed by atoms with Crippen LogP contribution in [0, 0.1) is 12.7 Å². The van der Waals surface area contributed by atoms with E-state index in [4.69, 9.17) is 34.8 Å². The second-order valence-electron chi connectivity index (χ2n) is 4.39. The summed E-state index contributed by atoms with van der Waals surface area (Å²) in [5.74, 6) is -0.316. The first-order chi connectivity index (χ1) is 9.43. The fourth-order valence-electron chi connectivity index (χ4n) is 2.04. The van der Waals surface area contributed by atoms with Gasteiger partial charge in [-0.25, -0.2) is 4.39 Å². The maximum Gasteiger partial charge on any atom is 0.127 e. The molecule has 1 aromatic carbocycles. The van der Waals surface area contributed by atoms with E-state index in [-0.39, 0.29) is 11.9 Å². The van der Waals surface area contributed by atoms with Gasteiger partial charge in [-0.2, -0.15) is 0 Å². The number of thiophene rings is 1. The fourth-order valence-corrected chi connectivity index (χ4v) is 3.83. The minimum Gasteiger partial charge on any atom is -0.306 e. The van der Waals surface area contributed by atoms with E-state index in [1.165, 1.54) is 17.4 Å². The molecule has 0 saturated heterocycles. The van der Waals surface area contributed by atoms with Crippen LogP contribution in [-0.4, -0.2) is 6.54 Å². The number of halogens is 4. The molecule has 0 amide bonds. The quantitative estimate of drug-likeness (QED) is 0.727. The predicted octanol–water partition coefficient (Wildman–Crippen LogP) is 5.85. The molecule has 0 fully saturated rings. The van der Waals surface area contributed by atoms with E-state index in [0.717, 1.165) is 17.7 Å². The summed E-state index contributed by atoms with van der Waals surface area (Å²) in [5.41, 5.74) is 2.20. The van der Waals surface area contributed by atoms with Gasteiger partial charge in [0.1, 0.15) is 5.82 Å². The van der Waals surface area contributed by atoms with Crippen molar-refractivity contribution in [2.75, 3.05) is 6.54 Å². The van der Waals surface area contributed by atoms with Gasteiger partial charge in [0.2, 0.25) is 0 Å². The van der Waals surface area contributed by atoms with Crippen LogP contribution in [0.25, 0.3) is 0 Å². The topological polar surface area (TPSA) is 12.0 Å². The van der Waals surface area contributed by atoms with Gasteiger partial charge in [-0.1, -0.05) is 41.7 Å². The zero-order chi connectivity index (χ0) is 14.9. The van der Waals surface area contributed by atoms with E-state index in [0.29, 0.717) is 19.3 Å². The molecule has 1 heterocycles. The third-order valence-corrected chi connectivity index (χ3v) is 4.84. The van der Waals surface area contributed by atoms with Gasteiger partial charge in [-0.05, 0) is 42.8 Å². The van der Waals surface area contributed by atoms with E-state index in [1.54, 1.807) is 13.0 Å². The summed E-state index contributed by atoms with van der Waals surface area (Å²) in [7, 11) is 0. The van der Waals surface area contributed by atoms with E-state index in [1.807, 2.05) is 13.0 Å². The molecule has 2 rings (SSSR count). The molecule has 0 aliphatic heterocycles. The van der Waals surface area contributed by atoms with Crippen LogP contribution in [0.1, 0.15) is 29.7 Å². The number of nitrogens with one attached hydrogen (secondary N) is 1. The molecule has 108 valence electrons. The lowest BCUT2D eigenvalue weighted by molar-refractivity contribution is 0.607. The van der Waals surface area contributed by atoms with Gasteiger partial charge in [-0.15, -0.1) is 11.3 Å². The molecule has 1 N–H and O–H groups in total. The van der Waals surface area contributed by atoms with Gasteiger partial charge in [0.25, 0.3) is 0 Å². The summed E-state index contributed by atoms with van der Waals surface area (Å²) in [6.45, 7) is 4.42. The van der Waals surface area contributed by atoms with Crippen LogP contribution in [0.3, 0.4) is 0 Å². The van der Waals surface area contributed by atoms with Gasteiger partial charge in [0.05, 0.1) is 14.7 Å². The Balaban J connectivity index is 2.54. The van der Waals surface area contributed by atoms with Crippen molar-refractivity contribution in [2.45, 2.75) is 19.9 Å². The van der Waals surface area contributed by atoms with E-state index in [2.05, 4.69) is 5.32 Å². The van der Waals surface area contributed by atoms with Crippen molar-refractivity contribution in [3.8, 4) is 0 Å². The van der Waals surface area contributed by atoms with Crippen LogP contribution in [-0.2, 0) is 0 Å². The van der Waals surface area contributed by atoms with Crippen LogP contribution >= 0.6 is 46.1 Å². The lowest BCUT2D eigenvalue weighted by Crippen LogP contribution is -2.22. The number of hydrogen-bond acceptors (Lipinski definition) is 2. The van der Waals surface area contributed by atoms with Crippen LogP contribution in [0.15, 0.2) is 18.2 Å². The lowest BCUT2D eigenvalue weighted by atomic mass is 9.99. The highest BCUT2D eigenvalue weighted by Crippen LogP contribution is 2.39. The molecule has 0 bridgehead atoms. The van der Waals surface area contributed by atoms with Crippen molar-refractivity contribution in [3.05, 3.63) is 54.4 Å². The average molecular weight is 353 g/mol. The Morgan fingerprint density at radius 1 is 1.20 bits per heavy atom. The van der Waals surface area contributed by atoms with E-state index < -0.39 is 0 Å². The average Bonchev–Trinajstić information content (AvgIpc) is 2.70. The molecular weight excluding hydrogens is 340 g/mol. The molecule has 20 heavy (non-hydrogen) atoms. The Morgan fingerprint density at radius 3 is 2.45 bits per heavy atom. The first-order valence-electron chi connectivity index (χ1n) is 6.07. The maximum absolute atomic E-state index is 13.5. The summed E-state index contributed by atoms with van der Waals surface area (Å²) in [5, 5.41) is 3.69. The van der Waals surface area contributed by atoms with E-state index >= 15 is 0 Å². The zero-order valence-electron chi connectivity index (χ0n) is 10.9. The summed E-state index contributed by atoms with van der Waals surface area (Å²) in [4.78, 5) is 0. The summed E-state index contributed by atoms with van der Waals surface area (Å²) in [6.07, 6.45) is 0. The van der Waals surface area contributed by atoms with Gasteiger partial charge >= 0.3 is 0 Å². The molecule has 0 saturated carbocycles. The Morgan fingerprint density at radius 2 is 1.90 bits per heavy atom. The minimum atomic E-state index is -0.316. The lowest BCUT2D eigenvalue weighted by Gasteiger charge is -2.20. The Labute approximate surface area is 136 Å². The molecule has 0 aliphatic carbocycles. The van der Waals surface area contributed by atoms with Crippen molar-refractivity contribution < 1.29 is 4.39 Å².